The molecule has 0 saturated carbocycles. The Balaban J connectivity index is 1.98. The van der Waals surface area contributed by atoms with E-state index in [1.54, 1.807) is 18.5 Å². The maximum absolute atomic E-state index is 5.52. The van der Waals surface area contributed by atoms with Crippen molar-refractivity contribution in [1.82, 2.24) is 9.97 Å². The Morgan fingerprint density at radius 2 is 2.36 bits per heavy atom. The minimum Gasteiger partial charge on any atom is -0.451 e. The summed E-state index contributed by atoms with van der Waals surface area (Å²) in [5.41, 5.74) is 7.29. The summed E-state index contributed by atoms with van der Waals surface area (Å²) in [6, 6.07) is 3.61. The number of hydrogen-bond acceptors (Lipinski definition) is 5. The van der Waals surface area contributed by atoms with Gasteiger partial charge in [0.2, 0.25) is 0 Å². The standard InChI is InChI=1S/C9H10N4O/c10-9-3-7(1-2-11-9)12-4-8-5-14-6-13-8/h1-3,5-6H,4H2,(H3,10,11,12). The van der Waals surface area contributed by atoms with Crippen molar-refractivity contribution in [1.29, 1.82) is 0 Å². The highest BCUT2D eigenvalue weighted by molar-refractivity contribution is 5.49. The number of nitrogens with two attached hydrogens (primary N) is 1. The first kappa shape index (κ1) is 8.55. The van der Waals surface area contributed by atoms with Crippen molar-refractivity contribution >= 4 is 11.5 Å². The number of hydrogen-bond donors (Lipinski definition) is 2. The van der Waals surface area contributed by atoms with E-state index in [1.807, 2.05) is 6.07 Å². The predicted molar refractivity (Wildman–Crippen MR) is 52.5 cm³/mol. The van der Waals surface area contributed by atoms with Crippen LogP contribution in [-0.4, -0.2) is 9.97 Å². The number of aromatic nitrogens is 2. The molecule has 0 aliphatic heterocycles. The Kier molecular flexibility index (Phi) is 2.31. The Morgan fingerprint density at radius 1 is 1.43 bits per heavy atom. The molecule has 14 heavy (non-hydrogen) atoms. The topological polar surface area (TPSA) is 77.0 Å². The zero-order valence-corrected chi connectivity index (χ0v) is 7.47. The Labute approximate surface area is 81.0 Å². The van der Waals surface area contributed by atoms with E-state index in [1.165, 1.54) is 6.39 Å². The first-order valence-corrected chi connectivity index (χ1v) is 4.17. The second-order valence-electron chi connectivity index (χ2n) is 2.80. The third-order valence-corrected chi connectivity index (χ3v) is 1.74. The summed E-state index contributed by atoms with van der Waals surface area (Å²) in [4.78, 5) is 7.87. The molecule has 5 nitrogen and oxygen atoms in total. The smallest absolute Gasteiger partial charge is 0.180 e. The van der Waals surface area contributed by atoms with E-state index in [0.717, 1.165) is 11.4 Å². The van der Waals surface area contributed by atoms with Crippen LogP contribution in [0.3, 0.4) is 0 Å². The molecule has 2 heterocycles. The molecule has 0 saturated heterocycles. The van der Waals surface area contributed by atoms with E-state index < -0.39 is 0 Å². The van der Waals surface area contributed by atoms with Crippen LogP contribution in [0.2, 0.25) is 0 Å². The lowest BCUT2D eigenvalue weighted by Gasteiger charge is -2.03. The minimum atomic E-state index is 0.496. The highest BCUT2D eigenvalue weighted by Gasteiger charge is 1.96. The van der Waals surface area contributed by atoms with Crippen LogP contribution in [-0.2, 0) is 6.54 Å². The monoisotopic (exact) mass is 190 g/mol. The minimum absolute atomic E-state index is 0.496. The number of pyridine rings is 1. The van der Waals surface area contributed by atoms with Crippen LogP contribution < -0.4 is 11.1 Å². The number of nitrogens with zero attached hydrogens (tertiary/aromatic N) is 2. The van der Waals surface area contributed by atoms with Gasteiger partial charge in [-0.05, 0) is 6.07 Å². The largest absolute Gasteiger partial charge is 0.451 e. The molecule has 3 N–H and O–H groups in total. The number of rotatable bonds is 3. The van der Waals surface area contributed by atoms with E-state index in [2.05, 4.69) is 15.3 Å². The highest BCUT2D eigenvalue weighted by atomic mass is 16.3. The van der Waals surface area contributed by atoms with Gasteiger partial charge in [0.05, 0.1) is 12.2 Å². The fraction of sp³-hybridized carbons (Fsp3) is 0.111. The molecular formula is C9H10N4O. The molecule has 2 aromatic rings. The van der Waals surface area contributed by atoms with Gasteiger partial charge in [0, 0.05) is 18.0 Å². The lowest BCUT2D eigenvalue weighted by Crippen LogP contribution is -2.00. The van der Waals surface area contributed by atoms with Gasteiger partial charge in [-0.3, -0.25) is 0 Å². The van der Waals surface area contributed by atoms with Crippen LogP contribution in [0.25, 0.3) is 0 Å². The average molecular weight is 190 g/mol. The molecule has 2 aromatic heterocycles. The van der Waals surface area contributed by atoms with E-state index >= 15 is 0 Å². The Bertz CT molecular complexity index is 399. The molecule has 0 fully saturated rings. The zero-order valence-electron chi connectivity index (χ0n) is 7.47. The summed E-state index contributed by atoms with van der Waals surface area (Å²) in [5, 5.41) is 3.15. The average Bonchev–Trinajstić information content (AvgIpc) is 2.67. The summed E-state index contributed by atoms with van der Waals surface area (Å²) in [6.45, 7) is 0.611. The second kappa shape index (κ2) is 3.78. The number of anilines is 2. The van der Waals surface area contributed by atoms with Crippen molar-refractivity contribution in [2.45, 2.75) is 6.54 Å². The van der Waals surface area contributed by atoms with Crippen LogP contribution >= 0.6 is 0 Å². The third-order valence-electron chi connectivity index (χ3n) is 1.74. The maximum Gasteiger partial charge on any atom is 0.180 e. The van der Waals surface area contributed by atoms with Crippen LogP contribution in [0.15, 0.2) is 35.4 Å². The molecule has 5 heteroatoms. The summed E-state index contributed by atoms with van der Waals surface area (Å²) in [7, 11) is 0. The zero-order chi connectivity index (χ0) is 9.80. The number of nitrogens with one attached hydrogen (secondary N) is 1. The van der Waals surface area contributed by atoms with Crippen molar-refractivity contribution in [2.24, 2.45) is 0 Å². The van der Waals surface area contributed by atoms with E-state index in [4.69, 9.17) is 10.2 Å². The van der Waals surface area contributed by atoms with Crippen LogP contribution in [0.5, 0.6) is 0 Å². The highest BCUT2D eigenvalue weighted by Crippen LogP contribution is 2.09. The van der Waals surface area contributed by atoms with Crippen molar-refractivity contribution in [3.63, 3.8) is 0 Å². The lowest BCUT2D eigenvalue weighted by molar-refractivity contribution is 0.556. The SMILES string of the molecule is Nc1cc(NCc2cocn2)ccn1. The lowest BCUT2D eigenvalue weighted by atomic mass is 10.3. The van der Waals surface area contributed by atoms with Crippen LogP contribution in [0.1, 0.15) is 5.69 Å². The predicted octanol–water partition coefficient (Wildman–Crippen LogP) is 1.26. The molecule has 2 rings (SSSR count). The number of nitrogen functional groups attached to an aromatic ring is 1. The molecule has 0 aliphatic carbocycles. The molecule has 0 aliphatic rings. The number of oxazole rings is 1. The Morgan fingerprint density at radius 3 is 3.07 bits per heavy atom. The molecule has 0 spiro atoms. The fourth-order valence-electron chi connectivity index (χ4n) is 1.08. The van der Waals surface area contributed by atoms with Gasteiger partial charge in [0.1, 0.15) is 12.1 Å². The summed E-state index contributed by atoms with van der Waals surface area (Å²) in [5.74, 6) is 0.496. The van der Waals surface area contributed by atoms with Crippen molar-refractivity contribution in [3.05, 3.63) is 36.7 Å². The second-order valence-corrected chi connectivity index (χ2v) is 2.80. The first-order chi connectivity index (χ1) is 6.84. The maximum atomic E-state index is 5.52. The van der Waals surface area contributed by atoms with Crippen molar-refractivity contribution in [3.8, 4) is 0 Å². The van der Waals surface area contributed by atoms with Gasteiger partial charge in [-0.1, -0.05) is 0 Å². The van der Waals surface area contributed by atoms with Gasteiger partial charge in [-0.2, -0.15) is 0 Å². The van der Waals surface area contributed by atoms with Crippen molar-refractivity contribution < 1.29 is 4.42 Å². The van der Waals surface area contributed by atoms with Crippen LogP contribution in [0.4, 0.5) is 11.5 Å². The van der Waals surface area contributed by atoms with E-state index in [0.29, 0.717) is 12.4 Å². The molecule has 0 unspecified atom stereocenters. The van der Waals surface area contributed by atoms with Gasteiger partial charge in [0.15, 0.2) is 6.39 Å². The van der Waals surface area contributed by atoms with Gasteiger partial charge < -0.3 is 15.5 Å². The van der Waals surface area contributed by atoms with Gasteiger partial charge in [-0.25, -0.2) is 9.97 Å². The van der Waals surface area contributed by atoms with Crippen molar-refractivity contribution in [2.75, 3.05) is 11.1 Å². The fourth-order valence-corrected chi connectivity index (χ4v) is 1.08. The molecule has 0 aromatic carbocycles. The van der Waals surface area contributed by atoms with Gasteiger partial charge in [0.25, 0.3) is 0 Å². The summed E-state index contributed by atoms with van der Waals surface area (Å²) < 4.78 is 4.84. The molecule has 72 valence electrons. The van der Waals surface area contributed by atoms with Crippen LogP contribution in [0, 0.1) is 0 Å². The molecular weight excluding hydrogens is 180 g/mol. The molecule has 0 amide bonds. The Hall–Kier alpha value is -2.04. The molecule has 0 radical (unpaired) electrons. The third kappa shape index (κ3) is 2.01. The van der Waals surface area contributed by atoms with E-state index in [-0.39, 0.29) is 0 Å². The summed E-state index contributed by atoms with van der Waals surface area (Å²) >= 11 is 0. The summed E-state index contributed by atoms with van der Waals surface area (Å²) in [6.07, 6.45) is 4.65. The molecule has 0 atom stereocenters. The van der Waals surface area contributed by atoms with Gasteiger partial charge >= 0.3 is 0 Å². The normalized spacial score (nSPS) is 10.0. The first-order valence-electron chi connectivity index (χ1n) is 4.17. The molecule has 0 bridgehead atoms. The van der Waals surface area contributed by atoms with E-state index in [9.17, 15) is 0 Å². The van der Waals surface area contributed by atoms with Gasteiger partial charge in [-0.15, -0.1) is 0 Å². The quantitative estimate of drug-likeness (QED) is 0.762.